The minimum absolute atomic E-state index is 0.0704. The van der Waals surface area contributed by atoms with Gasteiger partial charge < -0.3 is 10.2 Å². The van der Waals surface area contributed by atoms with Gasteiger partial charge in [0.1, 0.15) is 5.69 Å². The lowest BCUT2D eigenvalue weighted by molar-refractivity contribution is 0.0746. The fraction of sp³-hybridized carbons (Fsp3) is 0.182. The highest BCUT2D eigenvalue weighted by Gasteiger charge is 2.15. The first kappa shape index (κ1) is 18.9. The Balaban J connectivity index is 1.63. The van der Waals surface area contributed by atoms with E-state index in [1.165, 1.54) is 0 Å². The van der Waals surface area contributed by atoms with Gasteiger partial charge in [0.05, 0.1) is 11.9 Å². The van der Waals surface area contributed by atoms with Gasteiger partial charge in [-0.2, -0.15) is 0 Å². The van der Waals surface area contributed by atoms with Crippen molar-refractivity contribution in [1.82, 2.24) is 9.88 Å². The van der Waals surface area contributed by atoms with E-state index >= 15 is 0 Å². The SMILES string of the molecule is CCN(Cc1ccccc1)C(=O)c1ccc(NCc2ccccc2Cl)cn1. The number of benzene rings is 2. The van der Waals surface area contributed by atoms with Crippen LogP contribution in [0.5, 0.6) is 0 Å². The first-order valence-corrected chi connectivity index (χ1v) is 9.31. The molecule has 3 aromatic rings. The summed E-state index contributed by atoms with van der Waals surface area (Å²) in [7, 11) is 0. The molecular weight excluding hydrogens is 358 g/mol. The zero-order valence-electron chi connectivity index (χ0n) is 15.2. The number of aromatic nitrogens is 1. The lowest BCUT2D eigenvalue weighted by Gasteiger charge is -2.20. The highest BCUT2D eigenvalue weighted by atomic mass is 35.5. The number of nitrogens with one attached hydrogen (secondary N) is 1. The Kier molecular flexibility index (Phi) is 6.44. The van der Waals surface area contributed by atoms with Gasteiger partial charge in [-0.3, -0.25) is 4.79 Å². The summed E-state index contributed by atoms with van der Waals surface area (Å²) in [5.41, 5.74) is 3.40. The summed E-state index contributed by atoms with van der Waals surface area (Å²) in [4.78, 5) is 18.9. The first-order valence-electron chi connectivity index (χ1n) is 8.94. The van der Waals surface area contributed by atoms with Gasteiger partial charge in [0.2, 0.25) is 0 Å². The maximum Gasteiger partial charge on any atom is 0.272 e. The van der Waals surface area contributed by atoms with Crippen LogP contribution in [0.25, 0.3) is 0 Å². The Morgan fingerprint density at radius 3 is 2.44 bits per heavy atom. The summed E-state index contributed by atoms with van der Waals surface area (Å²) in [5, 5.41) is 4.01. The average Bonchev–Trinajstić information content (AvgIpc) is 2.72. The smallest absolute Gasteiger partial charge is 0.272 e. The van der Waals surface area contributed by atoms with Crippen molar-refractivity contribution >= 4 is 23.2 Å². The molecule has 0 saturated heterocycles. The molecule has 0 aliphatic heterocycles. The van der Waals surface area contributed by atoms with Crippen LogP contribution >= 0.6 is 11.6 Å². The van der Waals surface area contributed by atoms with E-state index in [-0.39, 0.29) is 5.91 Å². The number of carbonyl (C=O) groups is 1. The minimum atomic E-state index is -0.0704. The molecule has 0 atom stereocenters. The quantitative estimate of drug-likeness (QED) is 0.627. The van der Waals surface area contributed by atoms with Crippen molar-refractivity contribution in [1.29, 1.82) is 0 Å². The van der Waals surface area contributed by atoms with Gasteiger partial charge in [-0.25, -0.2) is 4.98 Å². The van der Waals surface area contributed by atoms with Gasteiger partial charge in [0.25, 0.3) is 5.91 Å². The molecule has 3 rings (SSSR count). The van der Waals surface area contributed by atoms with Crippen LogP contribution in [0.1, 0.15) is 28.5 Å². The molecule has 0 radical (unpaired) electrons. The number of nitrogens with zero attached hydrogens (tertiary/aromatic N) is 2. The Morgan fingerprint density at radius 2 is 1.78 bits per heavy atom. The summed E-state index contributed by atoms with van der Waals surface area (Å²) in [6.07, 6.45) is 1.68. The standard InChI is InChI=1S/C22H22ClN3O/c1-2-26(16-17-8-4-3-5-9-17)22(27)21-13-12-19(15-25-21)24-14-18-10-6-7-11-20(18)23/h3-13,15,24H,2,14,16H2,1H3. The number of halogens is 1. The Bertz CT molecular complexity index is 882. The van der Waals surface area contributed by atoms with Crippen LogP contribution in [0.4, 0.5) is 5.69 Å². The summed E-state index contributed by atoms with van der Waals surface area (Å²) in [6.45, 7) is 3.77. The third-order valence-corrected chi connectivity index (χ3v) is 4.68. The summed E-state index contributed by atoms with van der Waals surface area (Å²) >= 11 is 6.17. The molecular formula is C22H22ClN3O. The van der Waals surface area contributed by atoms with E-state index in [2.05, 4.69) is 10.3 Å². The van der Waals surface area contributed by atoms with Crippen molar-refractivity contribution < 1.29 is 4.79 Å². The van der Waals surface area contributed by atoms with E-state index in [9.17, 15) is 4.79 Å². The molecule has 0 bridgehead atoms. The number of pyridine rings is 1. The lowest BCUT2D eigenvalue weighted by atomic mass is 10.2. The Labute approximate surface area is 164 Å². The highest BCUT2D eigenvalue weighted by molar-refractivity contribution is 6.31. The molecule has 2 aromatic carbocycles. The van der Waals surface area contributed by atoms with Crippen molar-refractivity contribution in [2.75, 3.05) is 11.9 Å². The van der Waals surface area contributed by atoms with E-state index in [1.54, 1.807) is 17.2 Å². The fourth-order valence-electron chi connectivity index (χ4n) is 2.76. The molecule has 5 heteroatoms. The van der Waals surface area contributed by atoms with E-state index < -0.39 is 0 Å². The monoisotopic (exact) mass is 379 g/mol. The van der Waals surface area contributed by atoms with Crippen LogP contribution in [-0.2, 0) is 13.1 Å². The molecule has 1 aromatic heterocycles. The maximum atomic E-state index is 12.7. The number of hydrogen-bond donors (Lipinski definition) is 1. The molecule has 0 saturated carbocycles. The van der Waals surface area contributed by atoms with Crippen molar-refractivity contribution in [2.45, 2.75) is 20.0 Å². The van der Waals surface area contributed by atoms with E-state index in [4.69, 9.17) is 11.6 Å². The van der Waals surface area contributed by atoms with Gasteiger partial charge in [0.15, 0.2) is 0 Å². The molecule has 1 amide bonds. The molecule has 0 aliphatic carbocycles. The van der Waals surface area contributed by atoms with Crippen LogP contribution < -0.4 is 5.32 Å². The summed E-state index contributed by atoms with van der Waals surface area (Å²) in [6, 6.07) is 21.3. The first-order chi connectivity index (χ1) is 13.2. The predicted octanol–water partition coefficient (Wildman–Crippen LogP) is 5.01. The van der Waals surface area contributed by atoms with Crippen LogP contribution in [0.3, 0.4) is 0 Å². The summed E-state index contributed by atoms with van der Waals surface area (Å²) < 4.78 is 0. The fourth-order valence-corrected chi connectivity index (χ4v) is 2.96. The van der Waals surface area contributed by atoms with Crippen molar-refractivity contribution in [3.05, 3.63) is 94.8 Å². The highest BCUT2D eigenvalue weighted by Crippen LogP contribution is 2.17. The number of hydrogen-bond acceptors (Lipinski definition) is 3. The van der Waals surface area contributed by atoms with Gasteiger partial charge in [-0.1, -0.05) is 60.1 Å². The number of amides is 1. The van der Waals surface area contributed by atoms with Crippen LogP contribution in [-0.4, -0.2) is 22.3 Å². The van der Waals surface area contributed by atoms with Crippen LogP contribution in [0.15, 0.2) is 72.9 Å². The minimum Gasteiger partial charge on any atom is -0.380 e. The zero-order chi connectivity index (χ0) is 19.1. The third kappa shape index (κ3) is 5.08. The normalized spacial score (nSPS) is 10.4. The topological polar surface area (TPSA) is 45.2 Å². The van der Waals surface area contributed by atoms with Gasteiger partial charge in [0, 0.05) is 24.7 Å². The zero-order valence-corrected chi connectivity index (χ0v) is 16.0. The maximum absolute atomic E-state index is 12.7. The van der Waals surface area contributed by atoms with Crippen molar-refractivity contribution in [3.63, 3.8) is 0 Å². The van der Waals surface area contributed by atoms with Gasteiger partial charge >= 0.3 is 0 Å². The molecule has 1 heterocycles. The van der Waals surface area contributed by atoms with Crippen molar-refractivity contribution in [3.8, 4) is 0 Å². The van der Waals surface area contributed by atoms with E-state index in [0.29, 0.717) is 25.3 Å². The Hall–Kier alpha value is -2.85. The molecule has 0 unspecified atom stereocenters. The molecule has 0 aliphatic rings. The van der Waals surface area contributed by atoms with Gasteiger partial charge in [-0.05, 0) is 36.2 Å². The second-order valence-corrected chi connectivity index (χ2v) is 6.59. The molecule has 4 nitrogen and oxygen atoms in total. The van der Waals surface area contributed by atoms with Gasteiger partial charge in [-0.15, -0.1) is 0 Å². The second-order valence-electron chi connectivity index (χ2n) is 6.18. The van der Waals surface area contributed by atoms with Crippen LogP contribution in [0, 0.1) is 0 Å². The Morgan fingerprint density at radius 1 is 1.04 bits per heavy atom. The molecule has 0 spiro atoms. The summed E-state index contributed by atoms with van der Waals surface area (Å²) in [5.74, 6) is -0.0704. The number of carbonyl (C=O) groups excluding carboxylic acids is 1. The van der Waals surface area contributed by atoms with E-state index in [0.717, 1.165) is 21.8 Å². The second kappa shape index (κ2) is 9.19. The third-order valence-electron chi connectivity index (χ3n) is 4.31. The molecule has 1 N–H and O–H groups in total. The molecule has 0 fully saturated rings. The number of rotatable bonds is 7. The van der Waals surface area contributed by atoms with Crippen LogP contribution in [0.2, 0.25) is 5.02 Å². The van der Waals surface area contributed by atoms with E-state index in [1.807, 2.05) is 67.6 Å². The largest absolute Gasteiger partial charge is 0.380 e. The predicted molar refractivity (Wildman–Crippen MR) is 110 cm³/mol. The average molecular weight is 380 g/mol. The molecule has 138 valence electrons. The number of anilines is 1. The molecule has 27 heavy (non-hydrogen) atoms. The lowest BCUT2D eigenvalue weighted by Crippen LogP contribution is -2.30. The van der Waals surface area contributed by atoms with Crippen molar-refractivity contribution in [2.24, 2.45) is 0 Å².